The van der Waals surface area contributed by atoms with E-state index in [-0.39, 0.29) is 11.3 Å². The molecule has 0 saturated carbocycles. The van der Waals surface area contributed by atoms with Gasteiger partial charge in [0.15, 0.2) is 0 Å². The Kier molecular flexibility index (Phi) is 3.55. The third-order valence-electron chi connectivity index (χ3n) is 1.59. The highest BCUT2D eigenvalue weighted by Crippen LogP contribution is 2.32. The van der Waals surface area contributed by atoms with Gasteiger partial charge in [0.25, 0.3) is 0 Å². The largest absolute Gasteiger partial charge is 0.416 e. The summed E-state index contributed by atoms with van der Waals surface area (Å²) in [4.78, 5) is 0. The molecule has 0 aromatic heterocycles. The van der Waals surface area contributed by atoms with Crippen LogP contribution in [0.25, 0.3) is 0 Å². The minimum atomic E-state index is -4.42. The molecule has 0 heterocycles. The van der Waals surface area contributed by atoms with Gasteiger partial charge in [-0.3, -0.25) is 0 Å². The van der Waals surface area contributed by atoms with E-state index in [0.29, 0.717) is 0 Å². The van der Waals surface area contributed by atoms with Crippen LogP contribution in [0, 0.1) is 0 Å². The number of halogens is 4. The first-order valence-corrected chi connectivity index (χ1v) is 5.75. The van der Waals surface area contributed by atoms with Crippen molar-refractivity contribution in [1.29, 1.82) is 0 Å². The first kappa shape index (κ1) is 11.5. The first-order valence-electron chi connectivity index (χ1n) is 3.61. The molecule has 1 nitrogen and oxygen atoms in total. The lowest BCUT2D eigenvalue weighted by Crippen LogP contribution is -2.09. The molecule has 0 spiro atoms. The molecule has 1 unspecified atom stereocenters. The molecule has 0 saturated heterocycles. The van der Waals surface area contributed by atoms with Crippen LogP contribution in [-0.4, -0.2) is 4.21 Å². The van der Waals surface area contributed by atoms with Crippen molar-refractivity contribution in [3.8, 4) is 0 Å². The molecule has 1 atom stereocenters. The van der Waals surface area contributed by atoms with Crippen molar-refractivity contribution in [2.75, 3.05) is 0 Å². The summed E-state index contributed by atoms with van der Waals surface area (Å²) >= 11 is 0. The van der Waals surface area contributed by atoms with Crippen LogP contribution in [0.3, 0.4) is 0 Å². The van der Waals surface area contributed by atoms with Crippen molar-refractivity contribution in [3.05, 3.63) is 35.4 Å². The second-order valence-electron chi connectivity index (χ2n) is 2.59. The van der Waals surface area contributed by atoms with Gasteiger partial charge in [-0.2, -0.15) is 13.2 Å². The van der Waals surface area contributed by atoms with Gasteiger partial charge in [-0.05, 0) is 22.3 Å². The maximum atomic E-state index is 12.4. The fraction of sp³-hybridized carbons (Fsp3) is 0.250. The van der Waals surface area contributed by atoms with E-state index in [4.69, 9.17) is 10.7 Å². The molecule has 1 rings (SSSR count). The number of alkyl halides is 3. The molecule has 14 heavy (non-hydrogen) atoms. The molecular weight excluding hydrogens is 237 g/mol. The van der Waals surface area contributed by atoms with E-state index >= 15 is 0 Å². The summed E-state index contributed by atoms with van der Waals surface area (Å²) in [6.07, 6.45) is -4.42. The fourth-order valence-electron chi connectivity index (χ4n) is 1.04. The zero-order chi connectivity index (χ0) is 10.8. The van der Waals surface area contributed by atoms with E-state index in [9.17, 15) is 17.4 Å². The molecule has 0 radical (unpaired) electrons. The summed E-state index contributed by atoms with van der Waals surface area (Å²) in [5.74, 6) is -0.294. The lowest BCUT2D eigenvalue weighted by atomic mass is 10.1. The summed E-state index contributed by atoms with van der Waals surface area (Å²) in [5.41, 5.74) is -0.831. The van der Waals surface area contributed by atoms with Crippen molar-refractivity contribution in [2.45, 2.75) is 11.9 Å². The van der Waals surface area contributed by atoms with Crippen molar-refractivity contribution in [1.82, 2.24) is 0 Å². The van der Waals surface area contributed by atoms with Crippen LogP contribution in [0.5, 0.6) is 0 Å². The Bertz CT molecular complexity index is 351. The minimum Gasteiger partial charge on any atom is -0.242 e. The van der Waals surface area contributed by atoms with E-state index < -0.39 is 21.8 Å². The summed E-state index contributed by atoms with van der Waals surface area (Å²) in [7, 11) is 3.35. The zero-order valence-electron chi connectivity index (χ0n) is 6.84. The van der Waals surface area contributed by atoms with E-state index in [1.54, 1.807) is 0 Å². The van der Waals surface area contributed by atoms with Crippen LogP contribution in [0.1, 0.15) is 11.1 Å². The SMILES string of the molecule is O=S(Cl)Cc1ccccc1C(F)(F)F. The lowest BCUT2D eigenvalue weighted by molar-refractivity contribution is -0.138. The van der Waals surface area contributed by atoms with Crippen LogP contribution in [0.2, 0.25) is 0 Å². The van der Waals surface area contributed by atoms with Gasteiger partial charge < -0.3 is 0 Å². The molecule has 0 amide bonds. The van der Waals surface area contributed by atoms with E-state index in [2.05, 4.69) is 0 Å². The van der Waals surface area contributed by atoms with E-state index in [0.717, 1.165) is 6.07 Å². The highest BCUT2D eigenvalue weighted by molar-refractivity contribution is 8.07. The Labute approximate surface area is 85.8 Å². The maximum Gasteiger partial charge on any atom is 0.416 e. The average molecular weight is 243 g/mol. The second-order valence-corrected chi connectivity index (χ2v) is 4.49. The molecule has 1 aromatic carbocycles. The molecule has 0 bridgehead atoms. The number of hydrogen-bond donors (Lipinski definition) is 0. The van der Waals surface area contributed by atoms with Gasteiger partial charge >= 0.3 is 6.18 Å². The zero-order valence-corrected chi connectivity index (χ0v) is 8.42. The first-order chi connectivity index (χ1) is 6.41. The van der Waals surface area contributed by atoms with Crippen molar-refractivity contribution < 1.29 is 17.4 Å². The van der Waals surface area contributed by atoms with Crippen molar-refractivity contribution in [3.63, 3.8) is 0 Å². The third-order valence-corrected chi connectivity index (χ3v) is 2.46. The summed E-state index contributed by atoms with van der Waals surface area (Å²) in [6.45, 7) is 0. The molecular formula is C8H6ClF3OS. The van der Waals surface area contributed by atoms with E-state index in [1.165, 1.54) is 18.2 Å². The Balaban J connectivity index is 3.10. The molecule has 0 N–H and O–H groups in total. The standard InChI is InChI=1S/C8H6ClF3OS/c9-14(13)5-6-3-1-2-4-7(6)8(10,11)12/h1-4H,5H2. The van der Waals surface area contributed by atoms with Gasteiger partial charge in [0.1, 0.15) is 10.0 Å². The average Bonchev–Trinajstić information content (AvgIpc) is 2.01. The third kappa shape index (κ3) is 2.99. The molecule has 0 fully saturated rings. The normalized spacial score (nSPS) is 14.0. The number of rotatable bonds is 2. The summed E-state index contributed by atoms with van der Waals surface area (Å²) < 4.78 is 47.7. The van der Waals surface area contributed by atoms with Crippen LogP contribution in [0.15, 0.2) is 24.3 Å². The molecule has 0 aliphatic heterocycles. The number of hydrogen-bond acceptors (Lipinski definition) is 1. The molecule has 1 aromatic rings. The van der Waals surface area contributed by atoms with Crippen LogP contribution >= 0.6 is 10.7 Å². The van der Waals surface area contributed by atoms with Gasteiger partial charge in [0, 0.05) is 0 Å². The number of benzene rings is 1. The predicted molar refractivity (Wildman–Crippen MR) is 49.1 cm³/mol. The van der Waals surface area contributed by atoms with Crippen molar-refractivity contribution in [2.24, 2.45) is 0 Å². The van der Waals surface area contributed by atoms with Gasteiger partial charge in [-0.1, -0.05) is 18.2 Å². The Morgan fingerprint density at radius 1 is 1.29 bits per heavy atom. The Morgan fingerprint density at radius 2 is 1.86 bits per heavy atom. The molecule has 0 aliphatic carbocycles. The van der Waals surface area contributed by atoms with Gasteiger partial charge in [-0.25, -0.2) is 4.21 Å². The van der Waals surface area contributed by atoms with Crippen LogP contribution in [0.4, 0.5) is 13.2 Å². The maximum absolute atomic E-state index is 12.4. The summed E-state index contributed by atoms with van der Waals surface area (Å²) in [6, 6.07) is 4.94. The quantitative estimate of drug-likeness (QED) is 0.729. The minimum absolute atomic E-state index is 0.0478. The van der Waals surface area contributed by atoms with Crippen LogP contribution in [-0.2, 0) is 21.9 Å². The van der Waals surface area contributed by atoms with Gasteiger partial charge in [-0.15, -0.1) is 0 Å². The summed E-state index contributed by atoms with van der Waals surface area (Å²) in [5, 5.41) is 0. The Hall–Kier alpha value is -0.550. The molecule has 0 aliphatic rings. The topological polar surface area (TPSA) is 17.1 Å². The van der Waals surface area contributed by atoms with Gasteiger partial charge in [0.05, 0.1) is 11.3 Å². The lowest BCUT2D eigenvalue weighted by Gasteiger charge is -2.10. The molecule has 6 heteroatoms. The van der Waals surface area contributed by atoms with Crippen molar-refractivity contribution >= 4 is 20.7 Å². The van der Waals surface area contributed by atoms with Crippen LogP contribution < -0.4 is 0 Å². The highest BCUT2D eigenvalue weighted by Gasteiger charge is 2.32. The second kappa shape index (κ2) is 4.31. The highest BCUT2D eigenvalue weighted by atomic mass is 35.7. The fourth-order valence-corrected chi connectivity index (χ4v) is 1.89. The monoisotopic (exact) mass is 242 g/mol. The van der Waals surface area contributed by atoms with E-state index in [1.807, 2.05) is 0 Å². The Morgan fingerprint density at radius 3 is 2.36 bits per heavy atom. The van der Waals surface area contributed by atoms with Gasteiger partial charge in [0.2, 0.25) is 0 Å². The predicted octanol–water partition coefficient (Wildman–Crippen LogP) is 3.11. The molecule has 78 valence electrons. The smallest absolute Gasteiger partial charge is 0.242 e.